The second-order valence-electron chi connectivity index (χ2n) is 5.54. The Morgan fingerprint density at radius 1 is 1.42 bits per heavy atom. The maximum Gasteiger partial charge on any atom is 0.264 e. The van der Waals surface area contributed by atoms with Crippen LogP contribution in [0.1, 0.15) is 16.6 Å². The maximum absolute atomic E-state index is 12.7. The molecule has 2 aromatic rings. The number of amides is 1. The van der Waals surface area contributed by atoms with Gasteiger partial charge >= 0.3 is 0 Å². The number of nitrogens with zero attached hydrogens (tertiary/aromatic N) is 1. The lowest BCUT2D eigenvalue weighted by Gasteiger charge is -2.23. The molecule has 0 bridgehead atoms. The molecular formula is C14H16N2OS2. The Hall–Kier alpha value is -0.910. The minimum absolute atomic E-state index is 0.232. The van der Waals surface area contributed by atoms with Crippen molar-refractivity contribution in [3.05, 3.63) is 22.4 Å². The number of carbonyl (C=O) groups excluding carboxylic acids is 1. The average molecular weight is 292 g/mol. The summed E-state index contributed by atoms with van der Waals surface area (Å²) in [4.78, 5) is 15.7. The van der Waals surface area contributed by atoms with E-state index < -0.39 is 0 Å². The summed E-state index contributed by atoms with van der Waals surface area (Å²) >= 11 is 3.35. The van der Waals surface area contributed by atoms with Gasteiger partial charge in [-0.15, -0.1) is 22.7 Å². The van der Waals surface area contributed by atoms with Crippen molar-refractivity contribution >= 4 is 38.0 Å². The third-order valence-electron chi connectivity index (χ3n) is 4.55. The topological polar surface area (TPSA) is 32.3 Å². The van der Waals surface area contributed by atoms with Crippen LogP contribution in [0, 0.1) is 11.8 Å². The Morgan fingerprint density at radius 2 is 2.32 bits per heavy atom. The summed E-state index contributed by atoms with van der Waals surface area (Å²) in [5.74, 6) is 1.53. The van der Waals surface area contributed by atoms with Gasteiger partial charge in [-0.1, -0.05) is 0 Å². The van der Waals surface area contributed by atoms with E-state index in [2.05, 4.69) is 34.7 Å². The van der Waals surface area contributed by atoms with Crippen LogP contribution in [0.5, 0.6) is 0 Å². The van der Waals surface area contributed by atoms with Crippen molar-refractivity contribution < 1.29 is 4.79 Å². The molecule has 0 aliphatic carbocycles. The molecule has 3 nitrogen and oxygen atoms in total. The van der Waals surface area contributed by atoms with Crippen LogP contribution in [0.2, 0.25) is 0 Å². The highest BCUT2D eigenvalue weighted by Crippen LogP contribution is 2.36. The van der Waals surface area contributed by atoms with Gasteiger partial charge < -0.3 is 10.2 Å². The van der Waals surface area contributed by atoms with E-state index in [1.165, 1.54) is 9.40 Å². The summed E-state index contributed by atoms with van der Waals surface area (Å²) in [5, 5.41) is 5.52. The van der Waals surface area contributed by atoms with Crippen LogP contribution in [-0.2, 0) is 0 Å². The van der Waals surface area contributed by atoms with Crippen LogP contribution < -0.4 is 5.32 Å². The number of rotatable bonds is 1. The van der Waals surface area contributed by atoms with Crippen molar-refractivity contribution in [3.8, 4) is 0 Å². The van der Waals surface area contributed by atoms with Gasteiger partial charge in [-0.05, 0) is 36.3 Å². The Balaban J connectivity index is 1.62. The molecule has 2 aliphatic heterocycles. The second kappa shape index (κ2) is 4.30. The molecule has 2 fully saturated rings. The van der Waals surface area contributed by atoms with Crippen LogP contribution in [0.15, 0.2) is 17.5 Å². The fraction of sp³-hybridized carbons (Fsp3) is 0.500. The molecule has 1 amide bonds. The molecule has 0 spiro atoms. The predicted molar refractivity (Wildman–Crippen MR) is 80.1 cm³/mol. The largest absolute Gasteiger partial charge is 0.335 e. The van der Waals surface area contributed by atoms with Crippen LogP contribution in [-0.4, -0.2) is 36.5 Å². The molecule has 2 aromatic heterocycles. The van der Waals surface area contributed by atoms with Crippen LogP contribution in [0.25, 0.3) is 9.40 Å². The molecule has 4 heterocycles. The number of likely N-dealkylation sites (tertiary alicyclic amines) is 1. The van der Waals surface area contributed by atoms with Gasteiger partial charge in [0.25, 0.3) is 5.91 Å². The lowest BCUT2D eigenvalue weighted by Crippen LogP contribution is -2.37. The van der Waals surface area contributed by atoms with Crippen LogP contribution in [0.4, 0.5) is 0 Å². The van der Waals surface area contributed by atoms with Crippen LogP contribution >= 0.6 is 22.7 Å². The molecule has 3 atom stereocenters. The minimum Gasteiger partial charge on any atom is -0.335 e. The van der Waals surface area contributed by atoms with E-state index in [9.17, 15) is 4.79 Å². The van der Waals surface area contributed by atoms with Crippen molar-refractivity contribution in [2.45, 2.75) is 13.0 Å². The van der Waals surface area contributed by atoms with Gasteiger partial charge in [0, 0.05) is 35.1 Å². The monoisotopic (exact) mass is 292 g/mol. The number of nitrogens with one attached hydrogen (secondary N) is 1. The van der Waals surface area contributed by atoms with Crippen molar-refractivity contribution in [2.24, 2.45) is 11.8 Å². The van der Waals surface area contributed by atoms with Gasteiger partial charge in [-0.2, -0.15) is 0 Å². The highest BCUT2D eigenvalue weighted by atomic mass is 32.1. The van der Waals surface area contributed by atoms with E-state index >= 15 is 0 Å². The van der Waals surface area contributed by atoms with Crippen molar-refractivity contribution in [1.82, 2.24) is 10.2 Å². The molecule has 19 heavy (non-hydrogen) atoms. The lowest BCUT2D eigenvalue weighted by molar-refractivity contribution is 0.0733. The normalized spacial score (nSPS) is 30.2. The van der Waals surface area contributed by atoms with Gasteiger partial charge in [-0.3, -0.25) is 4.79 Å². The minimum atomic E-state index is 0.232. The number of hydrogen-bond donors (Lipinski definition) is 1. The van der Waals surface area contributed by atoms with E-state index in [0.29, 0.717) is 17.9 Å². The molecule has 2 saturated heterocycles. The SMILES string of the molecule is CC1C2CNCC2CN1C(=O)c1cc2sccc2s1. The standard InChI is InChI=1S/C14H16N2OS2/c1-8-10-6-15-5-9(10)7-16(8)14(17)13-4-12-11(19-13)2-3-18-12/h2-4,8-10,15H,5-7H2,1H3. The van der Waals surface area contributed by atoms with Gasteiger partial charge in [0.1, 0.15) is 0 Å². The molecule has 5 heteroatoms. The zero-order valence-electron chi connectivity index (χ0n) is 10.8. The second-order valence-corrected chi connectivity index (χ2v) is 7.57. The third kappa shape index (κ3) is 1.75. The van der Waals surface area contributed by atoms with E-state index in [-0.39, 0.29) is 5.91 Å². The smallest absolute Gasteiger partial charge is 0.264 e. The lowest BCUT2D eigenvalue weighted by atomic mass is 9.95. The fourth-order valence-electron chi connectivity index (χ4n) is 3.45. The summed E-state index contributed by atoms with van der Waals surface area (Å²) in [6.45, 7) is 5.25. The summed E-state index contributed by atoms with van der Waals surface area (Å²) in [6.07, 6.45) is 0. The van der Waals surface area contributed by atoms with Gasteiger partial charge in [0.15, 0.2) is 0 Å². The predicted octanol–water partition coefficient (Wildman–Crippen LogP) is 2.64. The van der Waals surface area contributed by atoms with Gasteiger partial charge in [0.2, 0.25) is 0 Å². The quantitative estimate of drug-likeness (QED) is 0.876. The molecule has 0 aromatic carbocycles. The van der Waals surface area contributed by atoms with E-state index in [0.717, 1.165) is 24.5 Å². The van der Waals surface area contributed by atoms with Gasteiger partial charge in [0.05, 0.1) is 4.88 Å². The number of hydrogen-bond acceptors (Lipinski definition) is 4. The molecule has 2 aliphatic rings. The maximum atomic E-state index is 12.7. The number of thiophene rings is 2. The number of carbonyl (C=O) groups is 1. The molecule has 3 unspecified atom stereocenters. The first-order chi connectivity index (χ1) is 9.24. The summed E-state index contributed by atoms with van der Waals surface area (Å²) in [7, 11) is 0. The Bertz CT molecular complexity index is 604. The first kappa shape index (κ1) is 11.9. The zero-order valence-corrected chi connectivity index (χ0v) is 12.4. The summed E-state index contributed by atoms with van der Waals surface area (Å²) in [5.41, 5.74) is 0. The first-order valence-corrected chi connectivity index (χ1v) is 8.42. The third-order valence-corrected chi connectivity index (χ3v) is 6.63. The van der Waals surface area contributed by atoms with Crippen molar-refractivity contribution in [3.63, 3.8) is 0 Å². The number of fused-ring (bicyclic) bond motifs is 2. The molecule has 1 N–H and O–H groups in total. The van der Waals surface area contributed by atoms with Gasteiger partial charge in [-0.25, -0.2) is 0 Å². The zero-order chi connectivity index (χ0) is 13.0. The average Bonchev–Trinajstić information content (AvgIpc) is 3.09. The Labute approximate surface area is 120 Å². The molecule has 100 valence electrons. The van der Waals surface area contributed by atoms with Crippen molar-refractivity contribution in [2.75, 3.05) is 19.6 Å². The first-order valence-electron chi connectivity index (χ1n) is 6.73. The van der Waals surface area contributed by atoms with E-state index in [1.54, 1.807) is 22.7 Å². The van der Waals surface area contributed by atoms with E-state index in [1.807, 2.05) is 0 Å². The molecule has 0 radical (unpaired) electrons. The fourth-order valence-corrected chi connectivity index (χ4v) is 5.51. The van der Waals surface area contributed by atoms with Crippen LogP contribution in [0.3, 0.4) is 0 Å². The highest BCUT2D eigenvalue weighted by molar-refractivity contribution is 7.27. The van der Waals surface area contributed by atoms with E-state index in [4.69, 9.17) is 0 Å². The summed E-state index contributed by atoms with van der Waals surface area (Å²) in [6, 6.07) is 4.53. The molecule has 0 saturated carbocycles. The van der Waals surface area contributed by atoms with Crippen molar-refractivity contribution in [1.29, 1.82) is 0 Å². The Kier molecular flexibility index (Phi) is 2.69. The Morgan fingerprint density at radius 3 is 3.11 bits per heavy atom. The highest BCUT2D eigenvalue weighted by Gasteiger charge is 2.44. The molecular weight excluding hydrogens is 276 g/mol. The summed E-state index contributed by atoms with van der Waals surface area (Å²) < 4.78 is 2.48. The molecule has 4 rings (SSSR count).